The molecule has 2 aliphatic heterocycles. The standard InChI is InChI=1S/C13H18BrN3O4/c1-17-3-9(14)16-11(17)13(20-4-10(18)19-2)5-12(21-8-13)6-15-7-12/h3,15H,4-8H2,1-2H3. The summed E-state index contributed by atoms with van der Waals surface area (Å²) in [5, 5.41) is 3.22. The number of methoxy groups -OCH3 is 1. The van der Waals surface area contributed by atoms with Gasteiger partial charge in [0.25, 0.3) is 0 Å². The maximum absolute atomic E-state index is 11.4. The highest BCUT2D eigenvalue weighted by molar-refractivity contribution is 9.10. The third-order valence-corrected chi connectivity index (χ3v) is 4.44. The van der Waals surface area contributed by atoms with Crippen LogP contribution in [0.2, 0.25) is 0 Å². The van der Waals surface area contributed by atoms with Gasteiger partial charge in [0.15, 0.2) is 5.60 Å². The Morgan fingerprint density at radius 2 is 2.38 bits per heavy atom. The van der Waals surface area contributed by atoms with Gasteiger partial charge in [0.1, 0.15) is 17.0 Å². The van der Waals surface area contributed by atoms with Gasteiger partial charge >= 0.3 is 5.97 Å². The minimum atomic E-state index is -0.725. The van der Waals surface area contributed by atoms with Gasteiger partial charge in [-0.3, -0.25) is 0 Å². The molecule has 0 aromatic carbocycles. The molecule has 21 heavy (non-hydrogen) atoms. The minimum absolute atomic E-state index is 0.117. The molecule has 1 atom stereocenters. The average Bonchev–Trinajstić information content (AvgIpc) is 2.97. The van der Waals surface area contributed by atoms with Crippen molar-refractivity contribution >= 4 is 21.9 Å². The topological polar surface area (TPSA) is 74.6 Å². The smallest absolute Gasteiger partial charge is 0.331 e. The molecule has 0 bridgehead atoms. The van der Waals surface area contributed by atoms with Crippen LogP contribution in [0.3, 0.4) is 0 Å². The van der Waals surface area contributed by atoms with Crippen LogP contribution >= 0.6 is 15.9 Å². The molecule has 8 heteroatoms. The normalized spacial score (nSPS) is 26.8. The van der Waals surface area contributed by atoms with Crippen LogP contribution in [-0.2, 0) is 31.7 Å². The number of ether oxygens (including phenoxy) is 3. The number of hydrogen-bond acceptors (Lipinski definition) is 6. The molecular weight excluding hydrogens is 342 g/mol. The number of esters is 1. The molecule has 0 saturated carbocycles. The molecule has 1 unspecified atom stereocenters. The summed E-state index contributed by atoms with van der Waals surface area (Å²) < 4.78 is 19.2. The number of halogens is 1. The molecule has 0 radical (unpaired) electrons. The highest BCUT2D eigenvalue weighted by Gasteiger charge is 2.56. The highest BCUT2D eigenvalue weighted by Crippen LogP contribution is 2.44. The van der Waals surface area contributed by atoms with E-state index in [1.807, 2.05) is 17.8 Å². The summed E-state index contributed by atoms with van der Waals surface area (Å²) >= 11 is 3.38. The maximum atomic E-state index is 11.4. The Hall–Kier alpha value is -0.960. The molecule has 1 N–H and O–H groups in total. The van der Waals surface area contributed by atoms with Crippen LogP contribution in [-0.4, -0.2) is 54.5 Å². The summed E-state index contributed by atoms with van der Waals surface area (Å²) in [4.78, 5) is 15.9. The molecule has 2 aliphatic rings. The van der Waals surface area contributed by atoms with Crippen molar-refractivity contribution in [3.63, 3.8) is 0 Å². The molecule has 1 aromatic rings. The van der Waals surface area contributed by atoms with Crippen molar-refractivity contribution < 1.29 is 19.0 Å². The van der Waals surface area contributed by atoms with Crippen LogP contribution in [0.1, 0.15) is 12.2 Å². The second kappa shape index (κ2) is 5.35. The number of hydrogen-bond donors (Lipinski definition) is 1. The lowest BCUT2D eigenvalue weighted by molar-refractivity contribution is -0.155. The Morgan fingerprint density at radius 1 is 1.62 bits per heavy atom. The summed E-state index contributed by atoms with van der Waals surface area (Å²) in [6, 6.07) is 0. The number of carbonyl (C=O) groups is 1. The summed E-state index contributed by atoms with van der Waals surface area (Å²) in [5.41, 5.74) is -0.939. The molecule has 116 valence electrons. The predicted octanol–water partition coefficient (Wildman–Crippen LogP) is 0.330. The minimum Gasteiger partial charge on any atom is -0.467 e. The third-order valence-electron chi connectivity index (χ3n) is 4.06. The van der Waals surface area contributed by atoms with E-state index in [0.717, 1.165) is 23.5 Å². The van der Waals surface area contributed by atoms with Gasteiger partial charge in [-0.15, -0.1) is 0 Å². The van der Waals surface area contributed by atoms with Crippen molar-refractivity contribution in [1.29, 1.82) is 0 Å². The van der Waals surface area contributed by atoms with E-state index in [-0.39, 0.29) is 12.2 Å². The Bertz CT molecular complexity index is 558. The van der Waals surface area contributed by atoms with Crippen molar-refractivity contribution in [2.24, 2.45) is 7.05 Å². The molecule has 0 amide bonds. The molecule has 3 rings (SSSR count). The van der Waals surface area contributed by atoms with Gasteiger partial charge in [-0.2, -0.15) is 0 Å². The van der Waals surface area contributed by atoms with Crippen molar-refractivity contribution in [3.8, 4) is 0 Å². The van der Waals surface area contributed by atoms with Crippen LogP contribution in [0, 0.1) is 0 Å². The number of aryl methyl sites for hydroxylation is 1. The zero-order chi connectivity index (χ0) is 15.1. The van der Waals surface area contributed by atoms with Gasteiger partial charge in [0.2, 0.25) is 0 Å². The van der Waals surface area contributed by atoms with E-state index in [2.05, 4.69) is 31.0 Å². The number of rotatable bonds is 4. The predicted molar refractivity (Wildman–Crippen MR) is 76.7 cm³/mol. The average molecular weight is 360 g/mol. The van der Waals surface area contributed by atoms with Gasteiger partial charge < -0.3 is 24.1 Å². The SMILES string of the molecule is COC(=O)COC1(c2nc(Br)cn2C)COC2(CNC2)C1. The Kier molecular flexibility index (Phi) is 3.81. The quantitative estimate of drug-likeness (QED) is 0.781. The third kappa shape index (κ3) is 2.61. The van der Waals surface area contributed by atoms with Crippen LogP contribution in [0.25, 0.3) is 0 Å². The summed E-state index contributed by atoms with van der Waals surface area (Å²) in [7, 11) is 3.25. The van der Waals surface area contributed by atoms with Gasteiger partial charge in [-0.05, 0) is 15.9 Å². The Balaban J connectivity index is 1.88. The van der Waals surface area contributed by atoms with Gasteiger partial charge in [0, 0.05) is 32.8 Å². The van der Waals surface area contributed by atoms with Gasteiger partial charge in [0.05, 0.1) is 19.3 Å². The number of nitrogens with zero attached hydrogens (tertiary/aromatic N) is 2. The largest absolute Gasteiger partial charge is 0.467 e. The monoisotopic (exact) mass is 359 g/mol. The summed E-state index contributed by atoms with van der Waals surface area (Å²) in [6.45, 7) is 1.85. The Morgan fingerprint density at radius 3 is 2.86 bits per heavy atom. The van der Waals surface area contributed by atoms with E-state index in [4.69, 9.17) is 9.47 Å². The number of nitrogens with one attached hydrogen (secondary N) is 1. The van der Waals surface area contributed by atoms with Crippen molar-refractivity contribution in [2.75, 3.05) is 33.4 Å². The maximum Gasteiger partial charge on any atom is 0.331 e. The molecule has 1 aromatic heterocycles. The van der Waals surface area contributed by atoms with Crippen LogP contribution in [0.5, 0.6) is 0 Å². The number of imidazole rings is 1. The van der Waals surface area contributed by atoms with Crippen LogP contribution in [0.4, 0.5) is 0 Å². The Labute approximate surface area is 131 Å². The molecular formula is C13H18BrN3O4. The molecule has 2 saturated heterocycles. The molecule has 2 fully saturated rings. The summed E-state index contributed by atoms with van der Waals surface area (Å²) in [5.74, 6) is 0.345. The first kappa shape index (κ1) is 15.0. The van der Waals surface area contributed by atoms with Crippen molar-refractivity contribution in [2.45, 2.75) is 17.6 Å². The molecule has 0 aliphatic carbocycles. The van der Waals surface area contributed by atoms with E-state index in [1.54, 1.807) is 0 Å². The van der Waals surface area contributed by atoms with Crippen LogP contribution < -0.4 is 5.32 Å². The van der Waals surface area contributed by atoms with E-state index in [9.17, 15) is 4.79 Å². The first-order chi connectivity index (χ1) is 9.99. The lowest BCUT2D eigenvalue weighted by Gasteiger charge is -2.39. The lowest BCUT2D eigenvalue weighted by Crippen LogP contribution is -2.59. The second-order valence-electron chi connectivity index (χ2n) is 5.61. The number of carbonyl (C=O) groups excluding carboxylic acids is 1. The summed E-state index contributed by atoms with van der Waals surface area (Å²) in [6.07, 6.45) is 2.53. The molecule has 1 spiro atoms. The highest BCUT2D eigenvalue weighted by atomic mass is 79.9. The van der Waals surface area contributed by atoms with E-state index >= 15 is 0 Å². The van der Waals surface area contributed by atoms with E-state index in [1.165, 1.54) is 7.11 Å². The van der Waals surface area contributed by atoms with Gasteiger partial charge in [-0.25, -0.2) is 9.78 Å². The van der Waals surface area contributed by atoms with E-state index < -0.39 is 11.6 Å². The fourth-order valence-corrected chi connectivity index (χ4v) is 3.41. The lowest BCUT2D eigenvalue weighted by atomic mass is 9.86. The first-order valence-corrected chi connectivity index (χ1v) is 7.53. The zero-order valence-electron chi connectivity index (χ0n) is 12.0. The van der Waals surface area contributed by atoms with Crippen LogP contribution in [0.15, 0.2) is 10.8 Å². The molecule has 7 nitrogen and oxygen atoms in total. The fraction of sp³-hybridized carbons (Fsp3) is 0.692. The number of aromatic nitrogens is 2. The molecule has 3 heterocycles. The zero-order valence-corrected chi connectivity index (χ0v) is 13.6. The fourth-order valence-electron chi connectivity index (χ4n) is 2.93. The first-order valence-electron chi connectivity index (χ1n) is 6.73. The second-order valence-corrected chi connectivity index (χ2v) is 6.42. The van der Waals surface area contributed by atoms with Gasteiger partial charge in [-0.1, -0.05) is 0 Å². The van der Waals surface area contributed by atoms with Crippen molar-refractivity contribution in [1.82, 2.24) is 14.9 Å². The van der Waals surface area contributed by atoms with E-state index in [0.29, 0.717) is 13.0 Å². The van der Waals surface area contributed by atoms with Crippen molar-refractivity contribution in [3.05, 3.63) is 16.6 Å².